The summed E-state index contributed by atoms with van der Waals surface area (Å²) in [5, 5.41) is 7.13. The summed E-state index contributed by atoms with van der Waals surface area (Å²) in [7, 11) is 0. The maximum absolute atomic E-state index is 11.8. The van der Waals surface area contributed by atoms with Gasteiger partial charge in [-0.2, -0.15) is 0 Å². The molecule has 1 aromatic carbocycles. The normalized spacial score (nSPS) is 21.5. The number of amides is 1. The molecule has 1 saturated carbocycles. The number of carbonyl (C=O) groups excluding carboxylic acids is 1. The highest BCUT2D eigenvalue weighted by molar-refractivity contribution is 9.10. The lowest BCUT2D eigenvalue weighted by Gasteiger charge is -2.22. The molecule has 0 radical (unpaired) electrons. The Morgan fingerprint density at radius 2 is 2.00 bits per heavy atom. The van der Waals surface area contributed by atoms with Crippen molar-refractivity contribution in [3.8, 4) is 0 Å². The topological polar surface area (TPSA) is 50.4 Å². The van der Waals surface area contributed by atoms with Crippen molar-refractivity contribution in [1.82, 2.24) is 5.32 Å². The summed E-state index contributed by atoms with van der Waals surface area (Å²) in [4.78, 5) is 11.8. The number of benzene rings is 1. The molecule has 0 aliphatic heterocycles. The SMILES string of the molecule is CC(C)(C)OC(=O)NC1CCC(Nc2ccc(Cl)cc2Br)C1. The highest BCUT2D eigenvalue weighted by Gasteiger charge is 2.27. The Balaban J connectivity index is 1.84. The largest absolute Gasteiger partial charge is 0.444 e. The van der Waals surface area contributed by atoms with Crippen LogP contribution in [0.25, 0.3) is 0 Å². The van der Waals surface area contributed by atoms with Crippen molar-refractivity contribution < 1.29 is 9.53 Å². The van der Waals surface area contributed by atoms with E-state index in [-0.39, 0.29) is 12.1 Å². The van der Waals surface area contributed by atoms with Crippen LogP contribution in [0.3, 0.4) is 0 Å². The van der Waals surface area contributed by atoms with Crippen LogP contribution >= 0.6 is 27.5 Å². The zero-order chi connectivity index (χ0) is 16.3. The molecular weight excluding hydrogens is 368 g/mol. The number of carbonyl (C=O) groups is 1. The molecule has 0 spiro atoms. The zero-order valence-electron chi connectivity index (χ0n) is 13.1. The second kappa shape index (κ2) is 7.09. The molecule has 2 atom stereocenters. The number of anilines is 1. The smallest absolute Gasteiger partial charge is 0.407 e. The number of ether oxygens (including phenoxy) is 1. The van der Waals surface area contributed by atoms with Crippen LogP contribution < -0.4 is 10.6 Å². The quantitative estimate of drug-likeness (QED) is 0.768. The lowest BCUT2D eigenvalue weighted by Crippen LogP contribution is -2.38. The van der Waals surface area contributed by atoms with Gasteiger partial charge in [-0.3, -0.25) is 0 Å². The molecule has 0 aromatic heterocycles. The first-order valence-corrected chi connectivity index (χ1v) is 8.61. The Hall–Kier alpha value is -0.940. The molecule has 1 fully saturated rings. The van der Waals surface area contributed by atoms with Crippen LogP contribution in [0, 0.1) is 0 Å². The van der Waals surface area contributed by atoms with Crippen molar-refractivity contribution in [3.63, 3.8) is 0 Å². The minimum Gasteiger partial charge on any atom is -0.444 e. The molecule has 6 heteroatoms. The van der Waals surface area contributed by atoms with Gasteiger partial charge in [-0.25, -0.2) is 4.79 Å². The van der Waals surface area contributed by atoms with Crippen LogP contribution in [0.4, 0.5) is 10.5 Å². The van der Waals surface area contributed by atoms with Gasteiger partial charge >= 0.3 is 6.09 Å². The third-order valence-electron chi connectivity index (χ3n) is 3.44. The Morgan fingerprint density at radius 3 is 2.64 bits per heavy atom. The monoisotopic (exact) mass is 388 g/mol. The maximum Gasteiger partial charge on any atom is 0.407 e. The second-order valence-electron chi connectivity index (χ2n) is 6.62. The van der Waals surface area contributed by atoms with E-state index in [9.17, 15) is 4.79 Å². The van der Waals surface area contributed by atoms with E-state index < -0.39 is 5.60 Å². The third kappa shape index (κ3) is 5.36. The molecule has 1 aliphatic rings. The van der Waals surface area contributed by atoms with Crippen molar-refractivity contribution in [1.29, 1.82) is 0 Å². The predicted molar refractivity (Wildman–Crippen MR) is 93.6 cm³/mol. The van der Waals surface area contributed by atoms with Gasteiger partial charge in [-0.1, -0.05) is 11.6 Å². The molecule has 2 rings (SSSR count). The molecule has 2 N–H and O–H groups in total. The van der Waals surface area contributed by atoms with Gasteiger partial charge in [0.15, 0.2) is 0 Å². The van der Waals surface area contributed by atoms with Crippen molar-refractivity contribution in [2.75, 3.05) is 5.32 Å². The van der Waals surface area contributed by atoms with Crippen LogP contribution in [-0.2, 0) is 4.74 Å². The van der Waals surface area contributed by atoms with Gasteiger partial charge in [-0.15, -0.1) is 0 Å². The zero-order valence-corrected chi connectivity index (χ0v) is 15.4. The lowest BCUT2D eigenvalue weighted by atomic mass is 10.2. The Bertz CT molecular complexity index is 545. The number of hydrogen-bond donors (Lipinski definition) is 2. The maximum atomic E-state index is 11.8. The highest BCUT2D eigenvalue weighted by atomic mass is 79.9. The van der Waals surface area contributed by atoms with Crippen LogP contribution in [0.15, 0.2) is 22.7 Å². The van der Waals surface area contributed by atoms with Crippen molar-refractivity contribution >= 4 is 39.3 Å². The first-order valence-electron chi connectivity index (χ1n) is 7.44. The summed E-state index contributed by atoms with van der Waals surface area (Å²) in [5.41, 5.74) is 0.557. The molecule has 1 aliphatic carbocycles. The van der Waals surface area contributed by atoms with Crippen LogP contribution in [0.5, 0.6) is 0 Å². The highest BCUT2D eigenvalue weighted by Crippen LogP contribution is 2.30. The van der Waals surface area contributed by atoms with Crippen molar-refractivity contribution in [2.45, 2.75) is 57.7 Å². The van der Waals surface area contributed by atoms with Crippen molar-refractivity contribution in [3.05, 3.63) is 27.7 Å². The predicted octanol–water partition coefficient (Wildman–Crippen LogP) is 4.96. The Kier molecular flexibility index (Phi) is 5.61. The van der Waals surface area contributed by atoms with E-state index in [0.717, 1.165) is 29.4 Å². The van der Waals surface area contributed by atoms with E-state index in [2.05, 4.69) is 26.6 Å². The number of halogens is 2. The molecule has 0 heterocycles. The first-order chi connectivity index (χ1) is 10.2. The molecule has 122 valence electrons. The van der Waals surface area contributed by atoms with E-state index in [0.29, 0.717) is 11.1 Å². The fraction of sp³-hybridized carbons (Fsp3) is 0.562. The Morgan fingerprint density at radius 1 is 1.32 bits per heavy atom. The minimum atomic E-state index is -0.464. The second-order valence-corrected chi connectivity index (χ2v) is 7.91. The summed E-state index contributed by atoms with van der Waals surface area (Å²) in [6.07, 6.45) is 2.50. The molecule has 22 heavy (non-hydrogen) atoms. The lowest BCUT2D eigenvalue weighted by molar-refractivity contribution is 0.0505. The summed E-state index contributed by atoms with van der Waals surface area (Å²) in [6.45, 7) is 5.59. The average Bonchev–Trinajstić information content (AvgIpc) is 2.77. The summed E-state index contributed by atoms with van der Waals surface area (Å²) < 4.78 is 6.24. The van der Waals surface area contributed by atoms with Crippen LogP contribution in [0.1, 0.15) is 40.0 Å². The van der Waals surface area contributed by atoms with Crippen LogP contribution in [0.2, 0.25) is 5.02 Å². The molecule has 0 bridgehead atoms. The molecule has 1 amide bonds. The average molecular weight is 390 g/mol. The van der Waals surface area contributed by atoms with Gasteiger partial charge in [0, 0.05) is 27.3 Å². The number of rotatable bonds is 3. The molecule has 4 nitrogen and oxygen atoms in total. The van der Waals surface area contributed by atoms with Gasteiger partial charge in [0.1, 0.15) is 5.60 Å². The van der Waals surface area contributed by atoms with Gasteiger partial charge in [0.05, 0.1) is 0 Å². The van der Waals surface area contributed by atoms with Gasteiger partial charge in [0.2, 0.25) is 0 Å². The third-order valence-corrected chi connectivity index (χ3v) is 4.34. The standard InChI is InChI=1S/C16H22BrClN2O2/c1-16(2,3)22-15(21)20-12-6-5-11(9-12)19-14-7-4-10(18)8-13(14)17/h4,7-8,11-12,19H,5-6,9H2,1-3H3,(H,20,21). The number of alkyl carbamates (subject to hydrolysis) is 1. The van der Waals surface area contributed by atoms with E-state index in [4.69, 9.17) is 16.3 Å². The summed E-state index contributed by atoms with van der Waals surface area (Å²) in [6, 6.07) is 6.17. The van der Waals surface area contributed by atoms with E-state index in [1.165, 1.54) is 0 Å². The van der Waals surface area contributed by atoms with E-state index in [1.807, 2.05) is 39.0 Å². The number of nitrogens with one attached hydrogen (secondary N) is 2. The summed E-state index contributed by atoms with van der Waals surface area (Å²) in [5.74, 6) is 0. The first kappa shape index (κ1) is 17.4. The molecule has 2 unspecified atom stereocenters. The fourth-order valence-electron chi connectivity index (χ4n) is 2.54. The van der Waals surface area contributed by atoms with Crippen LogP contribution in [-0.4, -0.2) is 23.8 Å². The van der Waals surface area contributed by atoms with Crippen molar-refractivity contribution in [2.24, 2.45) is 0 Å². The minimum absolute atomic E-state index is 0.151. The fourth-order valence-corrected chi connectivity index (χ4v) is 3.34. The molecule has 0 saturated heterocycles. The van der Waals surface area contributed by atoms with E-state index >= 15 is 0 Å². The van der Waals surface area contributed by atoms with E-state index in [1.54, 1.807) is 0 Å². The van der Waals surface area contributed by atoms with Gasteiger partial charge in [0.25, 0.3) is 0 Å². The number of hydrogen-bond acceptors (Lipinski definition) is 3. The molecule has 1 aromatic rings. The Labute approximate surface area is 145 Å². The molecular formula is C16H22BrClN2O2. The summed E-state index contributed by atoms with van der Waals surface area (Å²) >= 11 is 9.45. The van der Waals surface area contributed by atoms with Gasteiger partial charge < -0.3 is 15.4 Å². The van der Waals surface area contributed by atoms with Gasteiger partial charge in [-0.05, 0) is 74.2 Å².